The number of carboxylic acids is 1. The minimum absolute atomic E-state index is 0.121. The molecule has 1 aromatic carbocycles. The summed E-state index contributed by atoms with van der Waals surface area (Å²) in [5, 5.41) is 9.32. The predicted octanol–water partition coefficient (Wildman–Crippen LogP) is 3.29. The number of piperidine rings is 1. The van der Waals surface area contributed by atoms with E-state index in [9.17, 15) is 9.90 Å². The third-order valence-corrected chi connectivity index (χ3v) is 5.17. The van der Waals surface area contributed by atoms with Gasteiger partial charge in [0.25, 0.3) is 0 Å². The Labute approximate surface area is 159 Å². The SMILES string of the molecule is COc1ccc(OC)c(C(c2cccc(C)n2)N2CCC(C(=O)O)CC2)c1. The van der Waals surface area contributed by atoms with Gasteiger partial charge in [0.05, 0.1) is 31.9 Å². The molecule has 0 saturated carbocycles. The zero-order valence-electron chi connectivity index (χ0n) is 16.0. The molecular formula is C21H26N2O4. The van der Waals surface area contributed by atoms with E-state index >= 15 is 0 Å². The number of hydrogen-bond acceptors (Lipinski definition) is 5. The number of aryl methyl sites for hydroxylation is 1. The Morgan fingerprint density at radius 3 is 2.52 bits per heavy atom. The van der Waals surface area contributed by atoms with E-state index in [0.717, 1.165) is 28.5 Å². The number of benzene rings is 1. The summed E-state index contributed by atoms with van der Waals surface area (Å²) in [6.45, 7) is 3.36. The Morgan fingerprint density at radius 2 is 1.93 bits per heavy atom. The molecule has 2 heterocycles. The first-order chi connectivity index (χ1) is 13.0. The second kappa shape index (κ2) is 8.39. The van der Waals surface area contributed by atoms with Gasteiger partial charge in [0.1, 0.15) is 11.5 Å². The number of aromatic nitrogens is 1. The Bertz CT molecular complexity index is 801. The van der Waals surface area contributed by atoms with Gasteiger partial charge in [-0.3, -0.25) is 14.7 Å². The Morgan fingerprint density at radius 1 is 1.19 bits per heavy atom. The van der Waals surface area contributed by atoms with Crippen LogP contribution < -0.4 is 9.47 Å². The van der Waals surface area contributed by atoms with Crippen molar-refractivity contribution in [2.75, 3.05) is 27.3 Å². The third kappa shape index (κ3) is 4.22. The molecule has 6 nitrogen and oxygen atoms in total. The van der Waals surface area contributed by atoms with Crippen LogP contribution in [0, 0.1) is 12.8 Å². The van der Waals surface area contributed by atoms with Gasteiger partial charge in [-0.15, -0.1) is 0 Å². The minimum atomic E-state index is -0.709. The first-order valence-corrected chi connectivity index (χ1v) is 9.15. The van der Waals surface area contributed by atoms with E-state index in [-0.39, 0.29) is 12.0 Å². The average Bonchev–Trinajstić information content (AvgIpc) is 2.68. The number of nitrogens with zero attached hydrogens (tertiary/aromatic N) is 2. The maximum atomic E-state index is 11.3. The number of ether oxygens (including phenoxy) is 2. The van der Waals surface area contributed by atoms with Crippen molar-refractivity contribution in [1.82, 2.24) is 9.88 Å². The summed E-state index contributed by atoms with van der Waals surface area (Å²) in [6, 6.07) is 11.6. The molecule has 1 saturated heterocycles. The first-order valence-electron chi connectivity index (χ1n) is 9.15. The van der Waals surface area contributed by atoms with E-state index in [4.69, 9.17) is 14.5 Å². The molecule has 1 atom stereocenters. The van der Waals surface area contributed by atoms with Crippen molar-refractivity contribution in [2.24, 2.45) is 5.92 Å². The van der Waals surface area contributed by atoms with Crippen LogP contribution in [0.15, 0.2) is 36.4 Å². The highest BCUT2D eigenvalue weighted by Crippen LogP contribution is 2.38. The molecular weight excluding hydrogens is 344 g/mol. The maximum absolute atomic E-state index is 11.3. The molecule has 27 heavy (non-hydrogen) atoms. The lowest BCUT2D eigenvalue weighted by atomic mass is 9.92. The van der Waals surface area contributed by atoms with Crippen LogP contribution in [0.1, 0.15) is 35.8 Å². The van der Waals surface area contributed by atoms with Gasteiger partial charge in [-0.25, -0.2) is 0 Å². The number of hydrogen-bond donors (Lipinski definition) is 1. The van der Waals surface area contributed by atoms with Crippen LogP contribution in [-0.2, 0) is 4.79 Å². The van der Waals surface area contributed by atoms with E-state index in [2.05, 4.69) is 4.90 Å². The summed E-state index contributed by atoms with van der Waals surface area (Å²) in [7, 11) is 3.30. The number of aliphatic carboxylic acids is 1. The lowest BCUT2D eigenvalue weighted by Gasteiger charge is -2.37. The van der Waals surface area contributed by atoms with Gasteiger partial charge in [0.15, 0.2) is 0 Å². The molecule has 3 rings (SSSR count). The fourth-order valence-electron chi connectivity index (χ4n) is 3.72. The number of carbonyl (C=O) groups is 1. The van der Waals surface area contributed by atoms with Crippen LogP contribution in [0.5, 0.6) is 11.5 Å². The van der Waals surface area contributed by atoms with Crippen molar-refractivity contribution in [3.05, 3.63) is 53.3 Å². The normalized spacial score (nSPS) is 16.7. The highest BCUT2D eigenvalue weighted by molar-refractivity contribution is 5.70. The van der Waals surface area contributed by atoms with Crippen molar-refractivity contribution in [3.8, 4) is 11.5 Å². The van der Waals surface area contributed by atoms with Crippen LogP contribution in [0.3, 0.4) is 0 Å². The minimum Gasteiger partial charge on any atom is -0.497 e. The molecule has 0 radical (unpaired) electrons. The van der Waals surface area contributed by atoms with Crippen LogP contribution >= 0.6 is 0 Å². The topological polar surface area (TPSA) is 71.9 Å². The predicted molar refractivity (Wildman–Crippen MR) is 102 cm³/mol. The number of pyridine rings is 1. The van der Waals surface area contributed by atoms with E-state index in [1.165, 1.54) is 0 Å². The van der Waals surface area contributed by atoms with Crippen LogP contribution in [-0.4, -0.2) is 48.3 Å². The monoisotopic (exact) mass is 370 g/mol. The molecule has 1 aromatic heterocycles. The second-order valence-electron chi connectivity index (χ2n) is 6.86. The lowest BCUT2D eigenvalue weighted by molar-refractivity contribution is -0.143. The molecule has 0 bridgehead atoms. The summed E-state index contributed by atoms with van der Waals surface area (Å²) in [5.74, 6) is 0.534. The zero-order valence-corrected chi connectivity index (χ0v) is 16.0. The lowest BCUT2D eigenvalue weighted by Crippen LogP contribution is -2.39. The van der Waals surface area contributed by atoms with Crippen molar-refractivity contribution >= 4 is 5.97 Å². The molecule has 1 unspecified atom stereocenters. The molecule has 1 aliphatic rings. The molecule has 0 amide bonds. The van der Waals surface area contributed by atoms with Crippen LogP contribution in [0.2, 0.25) is 0 Å². The summed E-state index contributed by atoms with van der Waals surface area (Å²) >= 11 is 0. The standard InChI is InChI=1S/C21H26N2O4/c1-14-5-4-6-18(22-14)20(23-11-9-15(10-12-23)21(24)25)17-13-16(26-2)7-8-19(17)27-3/h4-8,13,15,20H,9-12H2,1-3H3,(H,24,25). The van der Waals surface area contributed by atoms with Crippen molar-refractivity contribution < 1.29 is 19.4 Å². The van der Waals surface area contributed by atoms with Gasteiger partial charge in [0, 0.05) is 11.3 Å². The summed E-state index contributed by atoms with van der Waals surface area (Å²) < 4.78 is 11.1. The van der Waals surface area contributed by atoms with Gasteiger partial charge < -0.3 is 14.6 Å². The van der Waals surface area contributed by atoms with E-state index in [1.54, 1.807) is 14.2 Å². The molecule has 1 fully saturated rings. The van der Waals surface area contributed by atoms with Crippen molar-refractivity contribution in [2.45, 2.75) is 25.8 Å². The van der Waals surface area contributed by atoms with Crippen LogP contribution in [0.25, 0.3) is 0 Å². The molecule has 0 spiro atoms. The maximum Gasteiger partial charge on any atom is 0.306 e. The second-order valence-corrected chi connectivity index (χ2v) is 6.86. The van der Waals surface area contributed by atoms with Crippen molar-refractivity contribution in [3.63, 3.8) is 0 Å². The van der Waals surface area contributed by atoms with Crippen LogP contribution in [0.4, 0.5) is 0 Å². The highest BCUT2D eigenvalue weighted by atomic mass is 16.5. The Balaban J connectivity index is 2.03. The van der Waals surface area contributed by atoms with Gasteiger partial charge in [0.2, 0.25) is 0 Å². The highest BCUT2D eigenvalue weighted by Gasteiger charge is 2.32. The Hall–Kier alpha value is -2.60. The van der Waals surface area contributed by atoms with E-state index in [0.29, 0.717) is 25.9 Å². The molecule has 1 N–H and O–H groups in total. The van der Waals surface area contributed by atoms with Gasteiger partial charge >= 0.3 is 5.97 Å². The molecule has 2 aromatic rings. The number of likely N-dealkylation sites (tertiary alicyclic amines) is 1. The van der Waals surface area contributed by atoms with Gasteiger partial charge in [-0.05, 0) is 63.2 Å². The summed E-state index contributed by atoms with van der Waals surface area (Å²) in [4.78, 5) is 18.4. The largest absolute Gasteiger partial charge is 0.497 e. The van der Waals surface area contributed by atoms with Gasteiger partial charge in [-0.2, -0.15) is 0 Å². The average molecular weight is 370 g/mol. The third-order valence-electron chi connectivity index (χ3n) is 5.17. The first kappa shape index (κ1) is 19.2. The molecule has 0 aliphatic carbocycles. The fraction of sp³-hybridized carbons (Fsp3) is 0.429. The molecule has 1 aliphatic heterocycles. The van der Waals surface area contributed by atoms with Gasteiger partial charge in [-0.1, -0.05) is 6.07 Å². The number of rotatable bonds is 6. The quantitative estimate of drug-likeness (QED) is 0.841. The smallest absolute Gasteiger partial charge is 0.306 e. The van der Waals surface area contributed by atoms with Crippen molar-refractivity contribution in [1.29, 1.82) is 0 Å². The Kier molecular flexibility index (Phi) is 5.96. The molecule has 144 valence electrons. The van der Waals surface area contributed by atoms with E-state index in [1.807, 2.05) is 43.3 Å². The summed E-state index contributed by atoms with van der Waals surface area (Å²) in [6.07, 6.45) is 1.26. The number of methoxy groups -OCH3 is 2. The van der Waals surface area contributed by atoms with E-state index < -0.39 is 5.97 Å². The fourth-order valence-corrected chi connectivity index (χ4v) is 3.72. The zero-order chi connectivity index (χ0) is 19.4. The number of carboxylic acid groups (broad SMARTS) is 1. The molecule has 6 heteroatoms. The summed E-state index contributed by atoms with van der Waals surface area (Å²) in [5.41, 5.74) is 2.85.